The molecule has 5 atom stereocenters. The first-order chi connectivity index (χ1) is 16.4. The summed E-state index contributed by atoms with van der Waals surface area (Å²) in [6.07, 6.45) is 3.34. The molecule has 13 heteroatoms. The van der Waals surface area contributed by atoms with Gasteiger partial charge in [-0.15, -0.1) is 0 Å². The Morgan fingerprint density at radius 3 is 2.85 bits per heavy atom. The Labute approximate surface area is 202 Å². The Kier molecular flexibility index (Phi) is 7.80. The van der Waals surface area contributed by atoms with Crippen LogP contribution >= 0.6 is 20.1 Å². The van der Waals surface area contributed by atoms with Crippen molar-refractivity contribution in [3.63, 3.8) is 0 Å². The molecule has 2 aromatic heterocycles. The second-order valence-corrected chi connectivity index (χ2v) is 9.57. The number of aromatic nitrogens is 4. The molecule has 1 saturated heterocycles. The standard InChI is InChI=1S/C21H26ClN6O5P/c1-12-8-16(32-20(12)28-11-26-17-18(23)24-10-25-19(17)28)9-31-34(27-13(2)21(29)30-3)33-15-6-4-14(22)5-7-15/h4-7,10-13,16,20,27H,8-9H2,1-3H3,(H2,23,24,25). The molecule has 0 amide bonds. The van der Waals surface area contributed by atoms with Crippen LogP contribution in [0.4, 0.5) is 5.82 Å². The number of carbonyl (C=O) groups excluding carboxylic acids is 1. The lowest BCUT2D eigenvalue weighted by Crippen LogP contribution is -2.33. The second kappa shape index (κ2) is 10.8. The fourth-order valence-corrected chi connectivity index (χ4v) is 4.98. The molecule has 1 fully saturated rings. The van der Waals surface area contributed by atoms with E-state index in [-0.39, 0.29) is 24.9 Å². The van der Waals surface area contributed by atoms with Gasteiger partial charge in [0.1, 0.15) is 29.9 Å². The monoisotopic (exact) mass is 508 g/mol. The number of nitrogens with zero attached hydrogens (tertiary/aromatic N) is 4. The van der Waals surface area contributed by atoms with Crippen LogP contribution in [0.5, 0.6) is 5.75 Å². The first kappa shape index (κ1) is 24.6. The number of fused-ring (bicyclic) bond motifs is 1. The third-order valence-electron chi connectivity index (χ3n) is 5.35. The van der Waals surface area contributed by atoms with E-state index in [4.69, 9.17) is 35.9 Å². The number of imidazole rings is 1. The van der Waals surface area contributed by atoms with Crippen molar-refractivity contribution < 1.29 is 23.3 Å². The molecule has 5 unspecified atom stereocenters. The molecule has 1 aliphatic heterocycles. The highest BCUT2D eigenvalue weighted by Crippen LogP contribution is 2.40. The lowest BCUT2D eigenvalue weighted by atomic mass is 10.1. The number of methoxy groups -OCH3 is 1. The number of esters is 1. The van der Waals surface area contributed by atoms with Crippen molar-refractivity contribution in [2.45, 2.75) is 38.6 Å². The first-order valence-corrected chi connectivity index (χ1v) is 12.2. The highest BCUT2D eigenvalue weighted by molar-refractivity contribution is 7.45. The van der Waals surface area contributed by atoms with Crippen LogP contribution in [0.25, 0.3) is 11.2 Å². The van der Waals surface area contributed by atoms with Crippen LogP contribution in [0, 0.1) is 5.92 Å². The predicted octanol–water partition coefficient (Wildman–Crippen LogP) is 3.46. The van der Waals surface area contributed by atoms with Crippen molar-refractivity contribution in [2.24, 2.45) is 5.92 Å². The van der Waals surface area contributed by atoms with Gasteiger partial charge in [0.25, 0.3) is 0 Å². The van der Waals surface area contributed by atoms with Crippen molar-refractivity contribution in [2.75, 3.05) is 19.5 Å². The van der Waals surface area contributed by atoms with Crippen LogP contribution in [0.1, 0.15) is 26.5 Å². The van der Waals surface area contributed by atoms with E-state index in [0.717, 1.165) is 6.42 Å². The van der Waals surface area contributed by atoms with E-state index in [2.05, 4.69) is 27.0 Å². The van der Waals surface area contributed by atoms with Crippen molar-refractivity contribution in [3.05, 3.63) is 41.9 Å². The molecule has 3 heterocycles. The molecule has 11 nitrogen and oxygen atoms in total. The van der Waals surface area contributed by atoms with Crippen molar-refractivity contribution in [3.8, 4) is 5.75 Å². The highest BCUT2D eigenvalue weighted by atomic mass is 35.5. The quantitative estimate of drug-likeness (QED) is 0.326. The molecule has 4 rings (SSSR count). The summed E-state index contributed by atoms with van der Waals surface area (Å²) in [5.74, 6) is 0.633. The normalized spacial score (nSPS) is 21.9. The van der Waals surface area contributed by atoms with E-state index in [1.807, 2.05) is 4.57 Å². The first-order valence-electron chi connectivity index (χ1n) is 10.6. The molecule has 3 N–H and O–H groups in total. The van der Waals surface area contributed by atoms with E-state index in [1.165, 1.54) is 13.4 Å². The van der Waals surface area contributed by atoms with Gasteiger partial charge in [0.15, 0.2) is 11.5 Å². The maximum atomic E-state index is 11.9. The van der Waals surface area contributed by atoms with Crippen LogP contribution in [0.15, 0.2) is 36.9 Å². The van der Waals surface area contributed by atoms with E-state index in [9.17, 15) is 4.79 Å². The van der Waals surface area contributed by atoms with Crippen LogP contribution in [-0.4, -0.2) is 51.4 Å². The van der Waals surface area contributed by atoms with E-state index >= 15 is 0 Å². The van der Waals surface area contributed by atoms with E-state index in [0.29, 0.717) is 27.8 Å². The molecule has 0 radical (unpaired) electrons. The maximum absolute atomic E-state index is 11.9. The number of halogens is 1. The Bertz CT molecular complexity index is 1130. The minimum absolute atomic E-state index is 0.174. The summed E-state index contributed by atoms with van der Waals surface area (Å²) >= 11 is 5.96. The van der Waals surface area contributed by atoms with E-state index < -0.39 is 20.5 Å². The number of nitrogens with one attached hydrogen (secondary N) is 1. The largest absolute Gasteiger partial charge is 0.468 e. The smallest absolute Gasteiger partial charge is 0.323 e. The van der Waals surface area contributed by atoms with Gasteiger partial charge in [-0.1, -0.05) is 18.5 Å². The van der Waals surface area contributed by atoms with Crippen molar-refractivity contribution in [1.82, 2.24) is 24.6 Å². The molecule has 34 heavy (non-hydrogen) atoms. The molecule has 3 aromatic rings. The van der Waals surface area contributed by atoms with Gasteiger partial charge in [0.05, 0.1) is 26.1 Å². The highest BCUT2D eigenvalue weighted by Gasteiger charge is 2.36. The number of hydrogen-bond acceptors (Lipinski definition) is 10. The molecule has 1 aromatic carbocycles. The Hall–Kier alpha value is -2.56. The molecule has 0 saturated carbocycles. The van der Waals surface area contributed by atoms with E-state index in [1.54, 1.807) is 37.5 Å². The number of benzene rings is 1. The third-order valence-corrected chi connectivity index (χ3v) is 6.96. The molecule has 182 valence electrons. The molecular weight excluding hydrogens is 483 g/mol. The van der Waals surface area contributed by atoms with Gasteiger partial charge in [-0.2, -0.15) is 0 Å². The molecule has 0 bridgehead atoms. The number of anilines is 1. The van der Waals surface area contributed by atoms with Crippen LogP contribution in [0.2, 0.25) is 5.02 Å². The zero-order valence-corrected chi connectivity index (χ0v) is 20.6. The van der Waals surface area contributed by atoms with Gasteiger partial charge in [0, 0.05) is 10.9 Å². The number of hydrogen-bond donors (Lipinski definition) is 2. The van der Waals surface area contributed by atoms with Gasteiger partial charge < -0.3 is 24.3 Å². The molecule has 0 aliphatic carbocycles. The second-order valence-electron chi connectivity index (χ2n) is 7.92. The van der Waals surface area contributed by atoms with Gasteiger partial charge in [-0.25, -0.2) is 20.0 Å². The van der Waals surface area contributed by atoms with Gasteiger partial charge in [0.2, 0.25) is 0 Å². The summed E-state index contributed by atoms with van der Waals surface area (Å²) in [5.41, 5.74) is 7.07. The predicted molar refractivity (Wildman–Crippen MR) is 127 cm³/mol. The summed E-state index contributed by atoms with van der Waals surface area (Å²) < 4.78 is 24.9. The van der Waals surface area contributed by atoms with Crippen LogP contribution in [0.3, 0.4) is 0 Å². The Balaban J connectivity index is 1.42. The summed E-state index contributed by atoms with van der Waals surface area (Å²) in [4.78, 5) is 24.5. The maximum Gasteiger partial charge on any atom is 0.323 e. The number of nitrogen functional groups attached to an aromatic ring is 1. The topological polar surface area (TPSA) is 136 Å². The van der Waals surface area contributed by atoms with Gasteiger partial charge >= 0.3 is 14.5 Å². The Morgan fingerprint density at radius 1 is 1.35 bits per heavy atom. The summed E-state index contributed by atoms with van der Waals surface area (Å²) in [7, 11) is -0.347. The summed E-state index contributed by atoms with van der Waals surface area (Å²) in [6, 6.07) is 6.27. The lowest BCUT2D eigenvalue weighted by Gasteiger charge is -2.23. The number of rotatable bonds is 9. The van der Waals surface area contributed by atoms with Crippen molar-refractivity contribution >= 4 is 43.1 Å². The Morgan fingerprint density at radius 2 is 2.12 bits per heavy atom. The number of nitrogens with two attached hydrogens (primary N) is 1. The lowest BCUT2D eigenvalue weighted by molar-refractivity contribution is -0.142. The minimum atomic E-state index is -1.68. The third kappa shape index (κ3) is 5.56. The average Bonchev–Trinajstić information content (AvgIpc) is 3.42. The number of carbonyl (C=O) groups is 1. The van der Waals surface area contributed by atoms with Gasteiger partial charge in [-0.3, -0.25) is 9.36 Å². The fourth-order valence-electron chi connectivity index (χ4n) is 3.64. The molecule has 0 spiro atoms. The zero-order valence-electron chi connectivity index (χ0n) is 18.9. The summed E-state index contributed by atoms with van der Waals surface area (Å²) in [5, 5.41) is 3.64. The van der Waals surface area contributed by atoms with Crippen LogP contribution in [-0.2, 0) is 18.8 Å². The van der Waals surface area contributed by atoms with Crippen LogP contribution < -0.4 is 15.3 Å². The van der Waals surface area contributed by atoms with Crippen molar-refractivity contribution in [1.29, 1.82) is 0 Å². The SMILES string of the molecule is COC(=O)C(C)NP(OCC1CC(C)C(n2cnc3c(N)ncnc32)O1)Oc1ccc(Cl)cc1. The van der Waals surface area contributed by atoms with Gasteiger partial charge in [-0.05, 0) is 37.6 Å². The fraction of sp³-hybridized carbons (Fsp3) is 0.429. The number of ether oxygens (including phenoxy) is 2. The molecular formula is C21H26ClN6O5P. The average molecular weight is 509 g/mol. The molecule has 1 aliphatic rings. The summed E-state index contributed by atoms with van der Waals surface area (Å²) in [6.45, 7) is 4.02. The zero-order chi connectivity index (χ0) is 24.2. The minimum Gasteiger partial charge on any atom is -0.468 e.